The first-order valence-corrected chi connectivity index (χ1v) is 8.53. The quantitative estimate of drug-likeness (QED) is 0.241. The first kappa shape index (κ1) is 22.3. The SMILES string of the molecule is CCCCCCCCCC(=O)NCC(O)C(O)C(O)C(O)CO. The van der Waals surface area contributed by atoms with Crippen molar-refractivity contribution in [3.05, 3.63) is 0 Å². The Kier molecular flexibility index (Phi) is 13.3. The van der Waals surface area contributed by atoms with Gasteiger partial charge >= 0.3 is 0 Å². The third-order valence-corrected chi connectivity index (χ3v) is 3.84. The standard InChI is InChI=1S/C16H33NO6/c1-2-3-4-5-6-7-8-9-14(21)17-10-12(19)15(22)16(23)13(20)11-18/h12-13,15-16,18-20,22-23H,2-11H2,1H3,(H,17,21). The van der Waals surface area contributed by atoms with Crippen molar-refractivity contribution in [2.75, 3.05) is 13.2 Å². The van der Waals surface area contributed by atoms with Crippen LogP contribution in [0.3, 0.4) is 0 Å². The van der Waals surface area contributed by atoms with Crippen molar-refractivity contribution in [2.24, 2.45) is 0 Å². The number of hydrogen-bond donors (Lipinski definition) is 6. The number of nitrogens with one attached hydrogen (secondary N) is 1. The summed E-state index contributed by atoms with van der Waals surface area (Å²) in [6.07, 6.45) is 1.85. The highest BCUT2D eigenvalue weighted by atomic mass is 16.4. The fourth-order valence-electron chi connectivity index (χ4n) is 2.23. The van der Waals surface area contributed by atoms with Crippen molar-refractivity contribution < 1.29 is 30.3 Å². The molecule has 6 N–H and O–H groups in total. The first-order valence-electron chi connectivity index (χ1n) is 8.53. The van der Waals surface area contributed by atoms with Gasteiger partial charge < -0.3 is 30.8 Å². The van der Waals surface area contributed by atoms with Gasteiger partial charge in [-0.05, 0) is 6.42 Å². The molecule has 0 saturated carbocycles. The van der Waals surface area contributed by atoms with Crippen molar-refractivity contribution in [3.63, 3.8) is 0 Å². The van der Waals surface area contributed by atoms with E-state index in [2.05, 4.69) is 12.2 Å². The highest BCUT2D eigenvalue weighted by molar-refractivity contribution is 5.75. The molecule has 0 spiro atoms. The third kappa shape index (κ3) is 10.6. The Labute approximate surface area is 138 Å². The summed E-state index contributed by atoms with van der Waals surface area (Å²) in [7, 11) is 0. The second-order valence-corrected chi connectivity index (χ2v) is 5.97. The zero-order valence-electron chi connectivity index (χ0n) is 14.0. The lowest BCUT2D eigenvalue weighted by Gasteiger charge is -2.25. The molecule has 0 rings (SSSR count). The van der Waals surface area contributed by atoms with Gasteiger partial charge in [0.25, 0.3) is 0 Å². The van der Waals surface area contributed by atoms with E-state index in [-0.39, 0.29) is 12.5 Å². The minimum atomic E-state index is -1.67. The van der Waals surface area contributed by atoms with Crippen LogP contribution in [0.5, 0.6) is 0 Å². The molecule has 7 heteroatoms. The van der Waals surface area contributed by atoms with E-state index in [0.29, 0.717) is 6.42 Å². The molecule has 0 aliphatic rings. The molecule has 0 heterocycles. The Morgan fingerprint density at radius 1 is 0.870 bits per heavy atom. The molecule has 0 aliphatic heterocycles. The van der Waals surface area contributed by atoms with Crippen molar-refractivity contribution in [1.29, 1.82) is 0 Å². The van der Waals surface area contributed by atoms with Gasteiger partial charge in [-0.2, -0.15) is 0 Å². The van der Waals surface area contributed by atoms with Crippen molar-refractivity contribution in [2.45, 2.75) is 82.7 Å². The van der Waals surface area contributed by atoms with E-state index in [0.717, 1.165) is 19.3 Å². The Morgan fingerprint density at radius 2 is 1.39 bits per heavy atom. The molecule has 23 heavy (non-hydrogen) atoms. The number of amides is 1. The van der Waals surface area contributed by atoms with Gasteiger partial charge in [0.2, 0.25) is 5.91 Å². The van der Waals surface area contributed by atoms with E-state index in [1.54, 1.807) is 0 Å². The summed E-state index contributed by atoms with van der Waals surface area (Å²) in [6, 6.07) is 0. The number of carbonyl (C=O) groups is 1. The lowest BCUT2D eigenvalue weighted by Crippen LogP contribution is -2.49. The van der Waals surface area contributed by atoms with Crippen LogP contribution in [0.2, 0.25) is 0 Å². The minimum absolute atomic E-state index is 0.217. The molecular weight excluding hydrogens is 302 g/mol. The average Bonchev–Trinajstić information content (AvgIpc) is 2.56. The van der Waals surface area contributed by atoms with E-state index in [4.69, 9.17) is 5.11 Å². The molecule has 0 fully saturated rings. The van der Waals surface area contributed by atoms with Crippen LogP contribution in [-0.4, -0.2) is 69.0 Å². The third-order valence-electron chi connectivity index (χ3n) is 3.84. The van der Waals surface area contributed by atoms with Crippen LogP contribution in [0.1, 0.15) is 58.3 Å². The summed E-state index contributed by atoms with van der Waals surface area (Å²) >= 11 is 0. The first-order chi connectivity index (χ1) is 10.9. The number of hydrogen-bond acceptors (Lipinski definition) is 6. The van der Waals surface area contributed by atoms with Gasteiger partial charge in [0, 0.05) is 13.0 Å². The van der Waals surface area contributed by atoms with Gasteiger partial charge in [-0.3, -0.25) is 4.79 Å². The number of aliphatic hydroxyl groups excluding tert-OH is 5. The van der Waals surface area contributed by atoms with Crippen molar-refractivity contribution >= 4 is 5.91 Å². The molecule has 4 unspecified atom stereocenters. The van der Waals surface area contributed by atoms with Crippen LogP contribution in [0.15, 0.2) is 0 Å². The molecule has 0 aliphatic carbocycles. The molecule has 138 valence electrons. The van der Waals surface area contributed by atoms with Gasteiger partial charge in [-0.15, -0.1) is 0 Å². The minimum Gasteiger partial charge on any atom is -0.394 e. The maximum atomic E-state index is 11.6. The predicted molar refractivity (Wildman–Crippen MR) is 86.7 cm³/mol. The lowest BCUT2D eigenvalue weighted by molar-refractivity contribution is -0.126. The molecular formula is C16H33NO6. The summed E-state index contributed by atoms with van der Waals surface area (Å²) in [5, 5.41) is 49.0. The van der Waals surface area contributed by atoms with Gasteiger partial charge in [0.15, 0.2) is 0 Å². The fraction of sp³-hybridized carbons (Fsp3) is 0.938. The summed E-state index contributed by atoms with van der Waals surface area (Å²) in [4.78, 5) is 11.6. The van der Waals surface area contributed by atoms with Gasteiger partial charge in [-0.25, -0.2) is 0 Å². The fourth-order valence-corrected chi connectivity index (χ4v) is 2.23. The van der Waals surface area contributed by atoms with E-state index in [9.17, 15) is 25.2 Å². The van der Waals surface area contributed by atoms with Gasteiger partial charge in [0.05, 0.1) is 12.7 Å². The van der Waals surface area contributed by atoms with E-state index >= 15 is 0 Å². The van der Waals surface area contributed by atoms with Crippen LogP contribution in [0.4, 0.5) is 0 Å². The van der Waals surface area contributed by atoms with Gasteiger partial charge in [-0.1, -0.05) is 45.4 Å². The number of carbonyl (C=O) groups excluding carboxylic acids is 1. The highest BCUT2D eigenvalue weighted by Gasteiger charge is 2.29. The molecule has 0 aromatic heterocycles. The van der Waals surface area contributed by atoms with Crippen molar-refractivity contribution in [3.8, 4) is 0 Å². The molecule has 0 radical (unpaired) electrons. The zero-order chi connectivity index (χ0) is 17.7. The summed E-state index contributed by atoms with van der Waals surface area (Å²) in [5.41, 5.74) is 0. The molecule has 0 bridgehead atoms. The second kappa shape index (κ2) is 13.7. The molecule has 0 aromatic rings. The van der Waals surface area contributed by atoms with Crippen molar-refractivity contribution in [1.82, 2.24) is 5.32 Å². The van der Waals surface area contributed by atoms with Crippen LogP contribution in [-0.2, 0) is 4.79 Å². The molecule has 0 saturated heterocycles. The van der Waals surface area contributed by atoms with Crippen LogP contribution < -0.4 is 5.32 Å². The number of aliphatic hydroxyl groups is 5. The summed E-state index contributed by atoms with van der Waals surface area (Å²) < 4.78 is 0. The summed E-state index contributed by atoms with van der Waals surface area (Å²) in [5.74, 6) is -0.220. The number of unbranched alkanes of at least 4 members (excludes halogenated alkanes) is 6. The maximum absolute atomic E-state index is 11.6. The monoisotopic (exact) mass is 335 g/mol. The average molecular weight is 335 g/mol. The van der Waals surface area contributed by atoms with Crippen LogP contribution in [0.25, 0.3) is 0 Å². The Hall–Kier alpha value is -0.730. The molecule has 1 amide bonds. The predicted octanol–water partition coefficient (Wildman–Crippen LogP) is -0.321. The highest BCUT2D eigenvalue weighted by Crippen LogP contribution is 2.08. The van der Waals surface area contributed by atoms with Crippen LogP contribution in [0, 0.1) is 0 Å². The maximum Gasteiger partial charge on any atom is 0.220 e. The molecule has 7 nitrogen and oxygen atoms in total. The van der Waals surface area contributed by atoms with E-state index in [1.807, 2.05) is 0 Å². The second-order valence-electron chi connectivity index (χ2n) is 5.97. The molecule has 0 aromatic carbocycles. The summed E-state index contributed by atoms with van der Waals surface area (Å²) in [6.45, 7) is 1.22. The Balaban J connectivity index is 3.75. The van der Waals surface area contributed by atoms with E-state index in [1.165, 1.54) is 25.7 Å². The Morgan fingerprint density at radius 3 is 1.96 bits per heavy atom. The lowest BCUT2D eigenvalue weighted by atomic mass is 10.0. The van der Waals surface area contributed by atoms with Crippen LogP contribution >= 0.6 is 0 Å². The zero-order valence-corrected chi connectivity index (χ0v) is 14.0. The smallest absolute Gasteiger partial charge is 0.220 e. The largest absolute Gasteiger partial charge is 0.394 e. The normalized spacial score (nSPS) is 16.6. The topological polar surface area (TPSA) is 130 Å². The molecule has 4 atom stereocenters. The Bertz CT molecular complexity index is 302. The van der Waals surface area contributed by atoms with E-state index < -0.39 is 31.0 Å². The number of rotatable bonds is 14. The van der Waals surface area contributed by atoms with Gasteiger partial charge in [0.1, 0.15) is 18.3 Å².